The predicted octanol–water partition coefficient (Wildman–Crippen LogP) is 2.30. The number of nitrogens with two attached hydrogens (primary N) is 1. The molecule has 0 aromatic heterocycles. The normalized spacial score (nSPS) is 25.6. The topological polar surface area (TPSA) is 55.1 Å². The molecule has 17 heavy (non-hydrogen) atoms. The summed E-state index contributed by atoms with van der Waals surface area (Å²) in [6, 6.07) is 0.337. The maximum Gasteiger partial charge on any atom is 0.223 e. The summed E-state index contributed by atoms with van der Waals surface area (Å²) >= 11 is 0. The molecular formula is C14H28N2O. The molecule has 3 N–H and O–H groups in total. The van der Waals surface area contributed by atoms with Gasteiger partial charge in [-0.05, 0) is 24.7 Å². The first-order valence-electron chi connectivity index (χ1n) is 6.99. The Labute approximate surface area is 106 Å². The summed E-state index contributed by atoms with van der Waals surface area (Å²) in [6.45, 7) is 8.46. The second-order valence-electron chi connectivity index (χ2n) is 6.08. The highest BCUT2D eigenvalue weighted by molar-refractivity contribution is 5.79. The molecule has 0 aromatic rings. The SMILES string of the molecule is CC(C)C(C(=O)N[C@@H]1CCCC[C@H]1N)C(C)C. The Bertz CT molecular complexity index is 243. The number of carbonyl (C=O) groups excluding carboxylic acids is 1. The molecule has 2 atom stereocenters. The zero-order valence-electron chi connectivity index (χ0n) is 11.7. The van der Waals surface area contributed by atoms with Crippen molar-refractivity contribution in [3.8, 4) is 0 Å². The molecule has 1 aliphatic carbocycles. The molecule has 3 nitrogen and oxygen atoms in total. The van der Waals surface area contributed by atoms with Gasteiger partial charge in [0.15, 0.2) is 0 Å². The Morgan fingerprint density at radius 1 is 1.12 bits per heavy atom. The molecule has 1 saturated carbocycles. The van der Waals surface area contributed by atoms with E-state index < -0.39 is 0 Å². The van der Waals surface area contributed by atoms with Crippen molar-refractivity contribution in [1.29, 1.82) is 0 Å². The van der Waals surface area contributed by atoms with E-state index >= 15 is 0 Å². The van der Waals surface area contributed by atoms with E-state index in [1.54, 1.807) is 0 Å². The van der Waals surface area contributed by atoms with Gasteiger partial charge in [0, 0.05) is 18.0 Å². The monoisotopic (exact) mass is 240 g/mol. The molecule has 1 aliphatic rings. The molecule has 100 valence electrons. The van der Waals surface area contributed by atoms with Crippen LogP contribution in [0.4, 0.5) is 0 Å². The summed E-state index contributed by atoms with van der Waals surface area (Å²) < 4.78 is 0. The molecule has 0 spiro atoms. The quantitative estimate of drug-likeness (QED) is 0.792. The third-order valence-corrected chi connectivity index (χ3v) is 3.89. The Hall–Kier alpha value is -0.570. The second-order valence-corrected chi connectivity index (χ2v) is 6.08. The minimum absolute atomic E-state index is 0.101. The van der Waals surface area contributed by atoms with E-state index in [0.29, 0.717) is 11.8 Å². The van der Waals surface area contributed by atoms with E-state index in [9.17, 15) is 4.79 Å². The maximum atomic E-state index is 12.3. The summed E-state index contributed by atoms with van der Waals surface area (Å²) in [5.74, 6) is 1.06. The van der Waals surface area contributed by atoms with Gasteiger partial charge in [0.2, 0.25) is 5.91 Å². The summed E-state index contributed by atoms with van der Waals surface area (Å²) in [5.41, 5.74) is 6.06. The average Bonchev–Trinajstić information content (AvgIpc) is 2.20. The molecule has 1 rings (SSSR count). The minimum atomic E-state index is 0.101. The van der Waals surface area contributed by atoms with Gasteiger partial charge < -0.3 is 11.1 Å². The first kappa shape index (κ1) is 14.5. The number of nitrogens with one attached hydrogen (secondary N) is 1. The standard InChI is InChI=1S/C14H28N2O/c1-9(2)13(10(3)4)14(17)16-12-8-6-5-7-11(12)15/h9-13H,5-8,15H2,1-4H3,(H,16,17)/t11-,12-/m1/s1. The third kappa shape index (κ3) is 3.98. The van der Waals surface area contributed by atoms with E-state index in [0.717, 1.165) is 12.8 Å². The zero-order valence-corrected chi connectivity index (χ0v) is 11.7. The van der Waals surface area contributed by atoms with E-state index in [1.807, 2.05) is 0 Å². The lowest BCUT2D eigenvalue weighted by atomic mass is 9.83. The molecule has 3 heteroatoms. The number of hydrogen-bond donors (Lipinski definition) is 2. The fourth-order valence-electron chi connectivity index (χ4n) is 2.99. The molecule has 1 fully saturated rings. The van der Waals surface area contributed by atoms with Gasteiger partial charge in [-0.1, -0.05) is 40.5 Å². The minimum Gasteiger partial charge on any atom is -0.352 e. The van der Waals surface area contributed by atoms with Crippen molar-refractivity contribution < 1.29 is 4.79 Å². The molecular weight excluding hydrogens is 212 g/mol. The summed E-state index contributed by atoms with van der Waals surface area (Å²) in [7, 11) is 0. The van der Waals surface area contributed by atoms with Crippen LogP contribution in [0, 0.1) is 17.8 Å². The highest BCUT2D eigenvalue weighted by atomic mass is 16.2. The molecule has 0 unspecified atom stereocenters. The molecule has 0 bridgehead atoms. The van der Waals surface area contributed by atoms with Crippen molar-refractivity contribution in [2.24, 2.45) is 23.5 Å². The van der Waals surface area contributed by atoms with Crippen molar-refractivity contribution in [1.82, 2.24) is 5.32 Å². The zero-order chi connectivity index (χ0) is 13.0. The molecule has 0 aromatic carbocycles. The van der Waals surface area contributed by atoms with Crippen LogP contribution in [0.25, 0.3) is 0 Å². The van der Waals surface area contributed by atoms with E-state index in [2.05, 4.69) is 33.0 Å². The molecule has 0 radical (unpaired) electrons. The number of rotatable bonds is 4. The molecule has 0 aliphatic heterocycles. The highest BCUT2D eigenvalue weighted by Crippen LogP contribution is 2.23. The fourth-order valence-corrected chi connectivity index (χ4v) is 2.99. The van der Waals surface area contributed by atoms with Crippen LogP contribution in [0.3, 0.4) is 0 Å². The number of amides is 1. The van der Waals surface area contributed by atoms with E-state index in [4.69, 9.17) is 5.73 Å². The van der Waals surface area contributed by atoms with Gasteiger partial charge in [0.05, 0.1) is 0 Å². The van der Waals surface area contributed by atoms with Crippen molar-refractivity contribution in [3.05, 3.63) is 0 Å². The van der Waals surface area contributed by atoms with Gasteiger partial charge in [0.1, 0.15) is 0 Å². The van der Waals surface area contributed by atoms with Gasteiger partial charge in [-0.15, -0.1) is 0 Å². The van der Waals surface area contributed by atoms with E-state index in [-0.39, 0.29) is 23.9 Å². The molecule has 0 heterocycles. The van der Waals surface area contributed by atoms with E-state index in [1.165, 1.54) is 12.8 Å². The van der Waals surface area contributed by atoms with Crippen LogP contribution in [0.2, 0.25) is 0 Å². The van der Waals surface area contributed by atoms with Crippen LogP contribution in [-0.2, 0) is 4.79 Å². The number of hydrogen-bond acceptors (Lipinski definition) is 2. The van der Waals surface area contributed by atoms with Crippen LogP contribution in [-0.4, -0.2) is 18.0 Å². The van der Waals surface area contributed by atoms with Crippen molar-refractivity contribution >= 4 is 5.91 Å². The van der Waals surface area contributed by atoms with Crippen molar-refractivity contribution in [3.63, 3.8) is 0 Å². The lowest BCUT2D eigenvalue weighted by Crippen LogP contribution is -2.52. The van der Waals surface area contributed by atoms with Gasteiger partial charge in [0.25, 0.3) is 0 Å². The lowest BCUT2D eigenvalue weighted by molar-refractivity contribution is -0.128. The van der Waals surface area contributed by atoms with Crippen molar-refractivity contribution in [2.45, 2.75) is 65.5 Å². The highest BCUT2D eigenvalue weighted by Gasteiger charge is 2.29. The van der Waals surface area contributed by atoms with Crippen LogP contribution in [0.15, 0.2) is 0 Å². The smallest absolute Gasteiger partial charge is 0.223 e. The first-order chi connectivity index (χ1) is 7.93. The summed E-state index contributed by atoms with van der Waals surface area (Å²) in [5, 5.41) is 3.17. The van der Waals surface area contributed by atoms with Crippen molar-refractivity contribution in [2.75, 3.05) is 0 Å². The molecule has 0 saturated heterocycles. The Morgan fingerprint density at radius 3 is 2.12 bits per heavy atom. The fraction of sp³-hybridized carbons (Fsp3) is 0.929. The third-order valence-electron chi connectivity index (χ3n) is 3.89. The number of carbonyl (C=O) groups is 1. The maximum absolute atomic E-state index is 12.3. The van der Waals surface area contributed by atoms with Crippen LogP contribution in [0.5, 0.6) is 0 Å². The summed E-state index contributed by atoms with van der Waals surface area (Å²) in [4.78, 5) is 12.3. The van der Waals surface area contributed by atoms with Crippen LogP contribution >= 0.6 is 0 Å². The Morgan fingerprint density at radius 2 is 1.65 bits per heavy atom. The van der Waals surface area contributed by atoms with Gasteiger partial charge in [-0.2, -0.15) is 0 Å². The first-order valence-corrected chi connectivity index (χ1v) is 6.99. The van der Waals surface area contributed by atoms with Gasteiger partial charge >= 0.3 is 0 Å². The Balaban J connectivity index is 2.56. The second kappa shape index (κ2) is 6.39. The lowest BCUT2D eigenvalue weighted by Gasteiger charge is -2.32. The van der Waals surface area contributed by atoms with Crippen LogP contribution in [0.1, 0.15) is 53.4 Å². The van der Waals surface area contributed by atoms with Gasteiger partial charge in [-0.25, -0.2) is 0 Å². The average molecular weight is 240 g/mol. The predicted molar refractivity (Wildman–Crippen MR) is 71.5 cm³/mol. The summed E-state index contributed by atoms with van der Waals surface area (Å²) in [6.07, 6.45) is 4.47. The van der Waals surface area contributed by atoms with Crippen LogP contribution < -0.4 is 11.1 Å². The van der Waals surface area contributed by atoms with Gasteiger partial charge in [-0.3, -0.25) is 4.79 Å². The molecule has 1 amide bonds. The largest absolute Gasteiger partial charge is 0.352 e. The Kier molecular flexibility index (Phi) is 5.44.